The number of anilines is 1. The Kier molecular flexibility index (Phi) is 5.59. The van der Waals surface area contributed by atoms with Gasteiger partial charge in [0.15, 0.2) is 5.78 Å². The fourth-order valence-electron chi connectivity index (χ4n) is 3.13. The molecule has 0 atom stereocenters. The third kappa shape index (κ3) is 3.67. The van der Waals surface area contributed by atoms with Crippen LogP contribution in [0, 0.1) is 0 Å². The first-order valence-electron chi connectivity index (χ1n) is 9.16. The molecule has 2 aromatic carbocycles. The predicted octanol–water partition coefficient (Wildman–Crippen LogP) is 4.04. The molecule has 144 valence electrons. The van der Waals surface area contributed by atoms with Gasteiger partial charge in [0.1, 0.15) is 11.3 Å². The normalized spacial score (nSPS) is 10.9. The van der Waals surface area contributed by atoms with E-state index in [9.17, 15) is 19.5 Å². The minimum Gasteiger partial charge on any atom is -0.475 e. The second-order valence-electron chi connectivity index (χ2n) is 6.64. The van der Waals surface area contributed by atoms with Crippen LogP contribution in [0.5, 0.6) is 0 Å². The Balaban J connectivity index is 2.02. The molecular formula is C22H21NO5. The molecule has 0 amide bonds. The van der Waals surface area contributed by atoms with E-state index in [2.05, 4.69) is 6.92 Å². The van der Waals surface area contributed by atoms with Gasteiger partial charge in [-0.25, -0.2) is 4.79 Å². The Hall–Kier alpha value is -3.41. The SMILES string of the molecule is CCCCCc1ccc(C(=O)c2cccc3c(=O)c(N)c(C(=O)O)oc23)cc1. The van der Waals surface area contributed by atoms with Gasteiger partial charge in [-0.15, -0.1) is 0 Å². The fourth-order valence-corrected chi connectivity index (χ4v) is 3.13. The standard InChI is InChI=1S/C22H21NO5/c1-2-3-4-6-13-9-11-14(12-10-13)18(24)15-7-5-8-16-19(25)17(23)21(22(26)27)28-20(15)16/h5,7-12H,2-4,6,23H2,1H3,(H,26,27). The molecule has 0 unspecified atom stereocenters. The number of nitrogens with two attached hydrogens (primary N) is 1. The summed E-state index contributed by atoms with van der Waals surface area (Å²) in [6, 6.07) is 11.8. The summed E-state index contributed by atoms with van der Waals surface area (Å²) in [5.74, 6) is -2.48. The lowest BCUT2D eigenvalue weighted by molar-refractivity contribution is 0.0664. The Morgan fingerprint density at radius 3 is 2.43 bits per heavy atom. The molecule has 0 fully saturated rings. The molecular weight excluding hydrogens is 358 g/mol. The number of hydrogen-bond donors (Lipinski definition) is 2. The van der Waals surface area contributed by atoms with Crippen molar-refractivity contribution in [3.63, 3.8) is 0 Å². The van der Waals surface area contributed by atoms with Gasteiger partial charge in [-0.2, -0.15) is 0 Å². The maximum atomic E-state index is 13.0. The maximum absolute atomic E-state index is 13.0. The minimum absolute atomic E-state index is 0.0730. The van der Waals surface area contributed by atoms with Crippen molar-refractivity contribution in [2.24, 2.45) is 0 Å². The van der Waals surface area contributed by atoms with Crippen molar-refractivity contribution in [3.05, 3.63) is 75.1 Å². The summed E-state index contributed by atoms with van der Waals surface area (Å²) in [5.41, 5.74) is 6.06. The van der Waals surface area contributed by atoms with Crippen molar-refractivity contribution >= 4 is 28.4 Å². The zero-order chi connectivity index (χ0) is 20.3. The van der Waals surface area contributed by atoms with E-state index in [1.165, 1.54) is 12.1 Å². The zero-order valence-electron chi connectivity index (χ0n) is 15.5. The number of benzene rings is 2. The van der Waals surface area contributed by atoms with Crippen LogP contribution in [0.4, 0.5) is 5.69 Å². The van der Waals surface area contributed by atoms with Gasteiger partial charge >= 0.3 is 5.97 Å². The highest BCUT2D eigenvalue weighted by atomic mass is 16.4. The molecule has 0 aliphatic carbocycles. The van der Waals surface area contributed by atoms with Gasteiger partial charge in [-0.05, 0) is 30.5 Å². The van der Waals surface area contributed by atoms with Crippen LogP contribution in [0.15, 0.2) is 51.7 Å². The third-order valence-corrected chi connectivity index (χ3v) is 4.68. The van der Waals surface area contributed by atoms with E-state index in [1.807, 2.05) is 12.1 Å². The van der Waals surface area contributed by atoms with E-state index < -0.39 is 22.8 Å². The van der Waals surface area contributed by atoms with Gasteiger partial charge < -0.3 is 15.3 Å². The summed E-state index contributed by atoms with van der Waals surface area (Å²) in [5, 5.41) is 9.29. The lowest BCUT2D eigenvalue weighted by Crippen LogP contribution is -2.16. The number of carboxylic acid groups (broad SMARTS) is 1. The van der Waals surface area contributed by atoms with Gasteiger partial charge in [-0.1, -0.05) is 50.1 Å². The number of aryl methyl sites for hydroxylation is 1. The minimum atomic E-state index is -1.46. The monoisotopic (exact) mass is 379 g/mol. The van der Waals surface area contributed by atoms with Gasteiger partial charge in [0.05, 0.1) is 10.9 Å². The molecule has 3 aromatic rings. The molecule has 6 heteroatoms. The fraction of sp³-hybridized carbons (Fsp3) is 0.227. The molecule has 0 bridgehead atoms. The quantitative estimate of drug-likeness (QED) is 0.473. The number of aromatic carboxylic acids is 1. The highest BCUT2D eigenvalue weighted by Gasteiger charge is 2.21. The molecule has 1 heterocycles. The summed E-state index contributed by atoms with van der Waals surface area (Å²) in [6.45, 7) is 2.15. The summed E-state index contributed by atoms with van der Waals surface area (Å²) in [6.07, 6.45) is 4.35. The average Bonchev–Trinajstić information content (AvgIpc) is 2.70. The summed E-state index contributed by atoms with van der Waals surface area (Å²) < 4.78 is 5.35. The van der Waals surface area contributed by atoms with Crippen molar-refractivity contribution in [1.82, 2.24) is 0 Å². The highest BCUT2D eigenvalue weighted by Crippen LogP contribution is 2.24. The number of carbonyl (C=O) groups is 2. The second-order valence-corrected chi connectivity index (χ2v) is 6.64. The third-order valence-electron chi connectivity index (χ3n) is 4.68. The van der Waals surface area contributed by atoms with E-state index in [4.69, 9.17) is 10.2 Å². The highest BCUT2D eigenvalue weighted by molar-refractivity contribution is 6.15. The molecule has 0 saturated carbocycles. The van der Waals surface area contributed by atoms with Gasteiger partial charge in [0, 0.05) is 5.56 Å². The van der Waals surface area contributed by atoms with Crippen LogP contribution in [-0.2, 0) is 6.42 Å². The number of nitrogen functional groups attached to an aromatic ring is 1. The van der Waals surface area contributed by atoms with Crippen molar-refractivity contribution in [3.8, 4) is 0 Å². The van der Waals surface area contributed by atoms with Crippen LogP contribution in [0.3, 0.4) is 0 Å². The molecule has 0 radical (unpaired) electrons. The summed E-state index contributed by atoms with van der Waals surface area (Å²) in [4.78, 5) is 36.7. The van der Waals surface area contributed by atoms with Crippen LogP contribution >= 0.6 is 0 Å². The van der Waals surface area contributed by atoms with E-state index in [1.54, 1.807) is 18.2 Å². The number of unbranched alkanes of at least 4 members (excludes halogenated alkanes) is 2. The lowest BCUT2D eigenvalue weighted by atomic mass is 9.98. The van der Waals surface area contributed by atoms with E-state index in [-0.39, 0.29) is 22.3 Å². The van der Waals surface area contributed by atoms with Gasteiger partial charge in [0.2, 0.25) is 11.2 Å². The zero-order valence-corrected chi connectivity index (χ0v) is 15.5. The van der Waals surface area contributed by atoms with E-state index >= 15 is 0 Å². The topological polar surface area (TPSA) is 111 Å². The number of hydrogen-bond acceptors (Lipinski definition) is 5. The van der Waals surface area contributed by atoms with Crippen LogP contribution in [0.1, 0.15) is 58.2 Å². The molecule has 3 N–H and O–H groups in total. The first kappa shape index (κ1) is 19.4. The number of carboxylic acids is 1. The average molecular weight is 379 g/mol. The summed E-state index contributed by atoms with van der Waals surface area (Å²) >= 11 is 0. The molecule has 0 aliphatic rings. The number of para-hydroxylation sites is 1. The lowest BCUT2D eigenvalue weighted by Gasteiger charge is -2.08. The molecule has 28 heavy (non-hydrogen) atoms. The molecule has 1 aromatic heterocycles. The van der Waals surface area contributed by atoms with Crippen molar-refractivity contribution < 1.29 is 19.1 Å². The molecule has 0 saturated heterocycles. The van der Waals surface area contributed by atoms with Crippen LogP contribution in [0.25, 0.3) is 11.0 Å². The predicted molar refractivity (Wildman–Crippen MR) is 107 cm³/mol. The first-order chi connectivity index (χ1) is 13.4. The Morgan fingerprint density at radius 2 is 1.79 bits per heavy atom. The Labute approximate surface area is 161 Å². The summed E-state index contributed by atoms with van der Waals surface area (Å²) in [7, 11) is 0. The Bertz CT molecular complexity index is 1100. The molecule has 0 aliphatic heterocycles. The van der Waals surface area contributed by atoms with E-state index in [0.717, 1.165) is 31.2 Å². The van der Waals surface area contributed by atoms with Crippen molar-refractivity contribution in [2.75, 3.05) is 5.73 Å². The van der Waals surface area contributed by atoms with Gasteiger partial charge in [-0.3, -0.25) is 9.59 Å². The Morgan fingerprint density at radius 1 is 1.07 bits per heavy atom. The number of fused-ring (bicyclic) bond motifs is 1. The number of rotatable bonds is 7. The first-order valence-corrected chi connectivity index (χ1v) is 9.16. The van der Waals surface area contributed by atoms with Crippen LogP contribution in [-0.4, -0.2) is 16.9 Å². The smallest absolute Gasteiger partial charge is 0.374 e. The van der Waals surface area contributed by atoms with E-state index in [0.29, 0.717) is 5.56 Å². The van der Waals surface area contributed by atoms with Crippen LogP contribution < -0.4 is 11.2 Å². The molecule has 0 spiro atoms. The molecule has 3 rings (SSSR count). The number of ketones is 1. The second kappa shape index (κ2) is 8.08. The largest absolute Gasteiger partial charge is 0.475 e. The maximum Gasteiger partial charge on any atom is 0.374 e. The van der Waals surface area contributed by atoms with Gasteiger partial charge in [0.25, 0.3) is 0 Å². The van der Waals surface area contributed by atoms with Crippen molar-refractivity contribution in [2.45, 2.75) is 32.6 Å². The van der Waals surface area contributed by atoms with Crippen molar-refractivity contribution in [1.29, 1.82) is 0 Å². The molecule has 6 nitrogen and oxygen atoms in total. The van der Waals surface area contributed by atoms with Crippen LogP contribution in [0.2, 0.25) is 0 Å². The number of carbonyl (C=O) groups excluding carboxylic acids is 1.